The normalized spacial score (nSPS) is 12.7. The summed E-state index contributed by atoms with van der Waals surface area (Å²) in [6, 6.07) is 13.0. The third-order valence-corrected chi connectivity index (χ3v) is 5.09. The van der Waals surface area contributed by atoms with E-state index in [2.05, 4.69) is 33.0 Å². The predicted octanol–water partition coefficient (Wildman–Crippen LogP) is 3.07. The smallest absolute Gasteiger partial charge is 0.325 e. The number of urea groups is 1. The Morgan fingerprint density at radius 2 is 1.84 bits per heavy atom. The molecule has 0 radical (unpaired) electrons. The zero-order chi connectivity index (χ0) is 23.1. The van der Waals surface area contributed by atoms with Crippen LogP contribution in [0.25, 0.3) is 0 Å². The largest absolute Gasteiger partial charge is 0.465 e. The van der Waals surface area contributed by atoms with Gasteiger partial charge in [-0.25, -0.2) is 4.79 Å². The van der Waals surface area contributed by atoms with Gasteiger partial charge in [-0.1, -0.05) is 24.3 Å². The van der Waals surface area contributed by atoms with Gasteiger partial charge in [0.1, 0.15) is 6.54 Å². The Kier molecular flexibility index (Phi) is 7.70. The number of nitrogens with zero attached hydrogens (tertiary/aromatic N) is 1. The van der Waals surface area contributed by atoms with Crippen LogP contribution in [0.15, 0.2) is 42.5 Å². The highest BCUT2D eigenvalue weighted by molar-refractivity contribution is 6.02. The Hall–Kier alpha value is -3.55. The molecule has 0 saturated carbocycles. The summed E-state index contributed by atoms with van der Waals surface area (Å²) < 4.78 is 4.80. The van der Waals surface area contributed by atoms with E-state index in [1.165, 1.54) is 11.1 Å². The Labute approximate surface area is 188 Å². The molecule has 1 heterocycles. The molecule has 2 aromatic rings. The molecule has 8 nitrogen and oxygen atoms in total. The maximum atomic E-state index is 13.0. The SMILES string of the molecule is CCOC(=O)CNC(=O)Nc1ccc(N2CCc3ccccc3C2)c(C(=O)NC(C)C)c1. The lowest BCUT2D eigenvalue weighted by Crippen LogP contribution is -2.36. The number of fused-ring (bicyclic) bond motifs is 1. The Morgan fingerprint density at radius 1 is 1.09 bits per heavy atom. The van der Waals surface area contributed by atoms with Crippen LogP contribution in [0.2, 0.25) is 0 Å². The molecule has 0 bridgehead atoms. The fraction of sp³-hybridized carbons (Fsp3) is 0.375. The molecule has 3 rings (SSSR count). The standard InChI is InChI=1S/C24H30N4O4/c1-4-32-22(29)14-25-24(31)27-19-9-10-21(20(13-19)23(30)26-16(2)3)28-12-11-17-7-5-6-8-18(17)15-28/h5-10,13,16H,4,11-12,14-15H2,1-3H3,(H,26,30)(H2,25,27,31). The van der Waals surface area contributed by atoms with Gasteiger partial charge in [0.05, 0.1) is 12.2 Å². The summed E-state index contributed by atoms with van der Waals surface area (Å²) in [6.07, 6.45) is 0.900. The number of hydrogen-bond donors (Lipinski definition) is 3. The number of ether oxygens (including phenoxy) is 1. The van der Waals surface area contributed by atoms with Crippen LogP contribution in [0.1, 0.15) is 42.3 Å². The van der Waals surface area contributed by atoms with Crippen LogP contribution in [0.5, 0.6) is 0 Å². The first-order chi connectivity index (χ1) is 15.4. The number of carbonyl (C=O) groups excluding carboxylic acids is 3. The number of carbonyl (C=O) groups is 3. The van der Waals surface area contributed by atoms with E-state index in [0.29, 0.717) is 17.8 Å². The van der Waals surface area contributed by atoms with Gasteiger partial charge in [0.2, 0.25) is 0 Å². The van der Waals surface area contributed by atoms with Crippen LogP contribution in [0.4, 0.5) is 16.2 Å². The lowest BCUT2D eigenvalue weighted by Gasteiger charge is -2.32. The number of esters is 1. The van der Waals surface area contributed by atoms with Crippen LogP contribution < -0.4 is 20.9 Å². The molecule has 1 aliphatic heterocycles. The maximum absolute atomic E-state index is 13.0. The van der Waals surface area contributed by atoms with E-state index in [1.807, 2.05) is 32.0 Å². The highest BCUT2D eigenvalue weighted by Crippen LogP contribution is 2.29. The second-order valence-corrected chi connectivity index (χ2v) is 7.91. The van der Waals surface area contributed by atoms with Crippen molar-refractivity contribution in [3.8, 4) is 0 Å². The summed E-state index contributed by atoms with van der Waals surface area (Å²) in [5.74, 6) is -0.718. The van der Waals surface area contributed by atoms with Crippen molar-refractivity contribution in [1.82, 2.24) is 10.6 Å². The van der Waals surface area contributed by atoms with Crippen LogP contribution >= 0.6 is 0 Å². The topological polar surface area (TPSA) is 99.8 Å². The summed E-state index contributed by atoms with van der Waals surface area (Å²) >= 11 is 0. The third kappa shape index (κ3) is 6.00. The summed E-state index contributed by atoms with van der Waals surface area (Å²) in [5, 5.41) is 8.06. The van der Waals surface area contributed by atoms with E-state index in [1.54, 1.807) is 19.1 Å². The Balaban J connectivity index is 1.79. The van der Waals surface area contributed by atoms with Crippen LogP contribution in [0, 0.1) is 0 Å². The van der Waals surface area contributed by atoms with Crippen LogP contribution in [-0.2, 0) is 22.5 Å². The van der Waals surface area contributed by atoms with Gasteiger partial charge in [-0.2, -0.15) is 0 Å². The number of amides is 3. The number of benzene rings is 2. The lowest BCUT2D eigenvalue weighted by atomic mass is 9.98. The van der Waals surface area contributed by atoms with Crippen molar-refractivity contribution in [2.24, 2.45) is 0 Å². The van der Waals surface area contributed by atoms with E-state index in [9.17, 15) is 14.4 Å². The zero-order valence-corrected chi connectivity index (χ0v) is 18.7. The molecule has 0 aliphatic carbocycles. The van der Waals surface area contributed by atoms with E-state index in [-0.39, 0.29) is 25.1 Å². The molecule has 0 aromatic heterocycles. The molecule has 0 fully saturated rings. The van der Waals surface area contributed by atoms with Crippen molar-refractivity contribution in [2.75, 3.05) is 29.9 Å². The quantitative estimate of drug-likeness (QED) is 0.577. The van der Waals surface area contributed by atoms with E-state index in [4.69, 9.17) is 4.74 Å². The molecule has 170 valence electrons. The van der Waals surface area contributed by atoms with Crippen molar-refractivity contribution in [2.45, 2.75) is 39.8 Å². The third-order valence-electron chi connectivity index (χ3n) is 5.09. The molecule has 0 unspecified atom stereocenters. The van der Waals surface area contributed by atoms with Gasteiger partial charge in [0.15, 0.2) is 0 Å². The van der Waals surface area contributed by atoms with Gasteiger partial charge in [-0.3, -0.25) is 9.59 Å². The molecule has 3 N–H and O–H groups in total. The molecule has 3 amide bonds. The number of rotatable bonds is 7. The summed E-state index contributed by atoms with van der Waals surface area (Å²) in [6.45, 7) is 7.03. The van der Waals surface area contributed by atoms with Crippen molar-refractivity contribution in [3.05, 3.63) is 59.2 Å². The molecule has 0 spiro atoms. The highest BCUT2D eigenvalue weighted by atomic mass is 16.5. The van der Waals surface area contributed by atoms with Crippen LogP contribution in [-0.4, -0.2) is 43.6 Å². The minimum Gasteiger partial charge on any atom is -0.465 e. The minimum absolute atomic E-state index is 0.0260. The number of nitrogens with one attached hydrogen (secondary N) is 3. The number of hydrogen-bond acceptors (Lipinski definition) is 5. The second-order valence-electron chi connectivity index (χ2n) is 7.91. The number of anilines is 2. The Morgan fingerprint density at radius 3 is 2.56 bits per heavy atom. The zero-order valence-electron chi connectivity index (χ0n) is 18.7. The summed E-state index contributed by atoms with van der Waals surface area (Å²) in [4.78, 5) is 38.7. The lowest BCUT2D eigenvalue weighted by molar-refractivity contribution is -0.141. The van der Waals surface area contributed by atoms with Gasteiger partial charge >= 0.3 is 12.0 Å². The molecule has 1 aliphatic rings. The van der Waals surface area contributed by atoms with Gasteiger partial charge in [-0.15, -0.1) is 0 Å². The van der Waals surface area contributed by atoms with E-state index >= 15 is 0 Å². The molecular formula is C24H30N4O4. The first-order valence-electron chi connectivity index (χ1n) is 10.8. The molecule has 32 heavy (non-hydrogen) atoms. The van der Waals surface area contributed by atoms with Gasteiger partial charge in [-0.05, 0) is 56.5 Å². The highest BCUT2D eigenvalue weighted by Gasteiger charge is 2.22. The van der Waals surface area contributed by atoms with Crippen molar-refractivity contribution >= 4 is 29.3 Å². The monoisotopic (exact) mass is 438 g/mol. The minimum atomic E-state index is -0.548. The average molecular weight is 439 g/mol. The fourth-order valence-corrected chi connectivity index (χ4v) is 3.65. The Bertz CT molecular complexity index is 990. The maximum Gasteiger partial charge on any atom is 0.325 e. The van der Waals surface area contributed by atoms with Crippen LogP contribution in [0.3, 0.4) is 0 Å². The van der Waals surface area contributed by atoms with Crippen molar-refractivity contribution in [3.63, 3.8) is 0 Å². The van der Waals surface area contributed by atoms with E-state index < -0.39 is 12.0 Å². The molecule has 0 saturated heterocycles. The first kappa shape index (κ1) is 23.1. The first-order valence-corrected chi connectivity index (χ1v) is 10.8. The average Bonchev–Trinajstić information content (AvgIpc) is 2.77. The fourth-order valence-electron chi connectivity index (χ4n) is 3.65. The molecule has 2 aromatic carbocycles. The predicted molar refractivity (Wildman–Crippen MR) is 124 cm³/mol. The molecule has 0 atom stereocenters. The molecule has 8 heteroatoms. The van der Waals surface area contributed by atoms with Crippen molar-refractivity contribution in [1.29, 1.82) is 0 Å². The summed E-state index contributed by atoms with van der Waals surface area (Å²) in [7, 11) is 0. The molecular weight excluding hydrogens is 408 g/mol. The van der Waals surface area contributed by atoms with Gasteiger partial charge < -0.3 is 25.6 Å². The summed E-state index contributed by atoms with van der Waals surface area (Å²) in [5.41, 5.74) is 4.33. The second kappa shape index (κ2) is 10.7. The van der Waals surface area contributed by atoms with E-state index in [0.717, 1.165) is 18.7 Å². The van der Waals surface area contributed by atoms with Gasteiger partial charge in [0.25, 0.3) is 5.91 Å². The van der Waals surface area contributed by atoms with Crippen molar-refractivity contribution < 1.29 is 19.1 Å². The van der Waals surface area contributed by atoms with Gasteiger partial charge in [0, 0.05) is 30.5 Å².